The number of nitrogens with zero attached hydrogens (tertiary/aromatic N) is 3. The molecule has 0 aliphatic carbocycles. The monoisotopic (exact) mass is 321 g/mol. The summed E-state index contributed by atoms with van der Waals surface area (Å²) in [6.07, 6.45) is 2.22. The molecule has 1 aromatic carbocycles. The Bertz CT molecular complexity index is 753. The lowest BCUT2D eigenvalue weighted by atomic mass is 10.1. The largest absolute Gasteiger partial charge is 0.425 e. The molecule has 0 spiro atoms. The highest BCUT2D eigenvalue weighted by Gasteiger charge is 2.27. The third-order valence-electron chi connectivity index (χ3n) is 3.92. The predicted octanol–water partition coefficient (Wildman–Crippen LogP) is 1.77. The van der Waals surface area contributed by atoms with E-state index in [2.05, 4.69) is 15.1 Å². The van der Waals surface area contributed by atoms with Crippen LogP contribution in [0.1, 0.15) is 29.7 Å². The summed E-state index contributed by atoms with van der Waals surface area (Å²) in [4.78, 5) is 2.68. The first-order valence-corrected chi connectivity index (χ1v) is 9.12. The highest BCUT2D eigenvalue weighted by Crippen LogP contribution is 2.27. The number of hydrogen-bond acceptors (Lipinski definition) is 6. The normalized spacial score (nSPS) is 19.6. The molecule has 0 amide bonds. The maximum absolute atomic E-state index is 11.5. The molecule has 3 rings (SSSR count). The number of hydrogen-bond donors (Lipinski definition) is 0. The number of aromatic nitrogens is 2. The Morgan fingerprint density at radius 3 is 2.59 bits per heavy atom. The van der Waals surface area contributed by atoms with E-state index in [0.717, 1.165) is 31.6 Å². The average Bonchev–Trinajstić information content (AvgIpc) is 3.07. The Balaban J connectivity index is 1.63. The van der Waals surface area contributed by atoms with Crippen LogP contribution in [0.3, 0.4) is 0 Å². The number of sulfone groups is 1. The van der Waals surface area contributed by atoms with Crippen LogP contribution in [0.5, 0.6) is 0 Å². The minimum Gasteiger partial charge on any atom is -0.425 e. The van der Waals surface area contributed by atoms with E-state index in [1.54, 1.807) is 19.1 Å². The van der Waals surface area contributed by atoms with E-state index in [9.17, 15) is 8.42 Å². The van der Waals surface area contributed by atoms with Crippen molar-refractivity contribution in [3.05, 3.63) is 41.6 Å². The summed E-state index contributed by atoms with van der Waals surface area (Å²) in [6, 6.07) is 7.08. The molecule has 1 fully saturated rings. The third kappa shape index (κ3) is 3.36. The van der Waals surface area contributed by atoms with Crippen LogP contribution in [-0.2, 0) is 16.4 Å². The lowest BCUT2D eigenvalue weighted by molar-refractivity contribution is 0.319. The highest BCUT2D eigenvalue weighted by atomic mass is 32.2. The number of benzene rings is 1. The Hall–Kier alpha value is -1.73. The van der Waals surface area contributed by atoms with Crippen molar-refractivity contribution >= 4 is 9.84 Å². The van der Waals surface area contributed by atoms with Crippen molar-refractivity contribution in [2.24, 2.45) is 0 Å². The van der Waals surface area contributed by atoms with E-state index in [1.807, 2.05) is 12.1 Å². The smallest absolute Gasteiger partial charge is 0.220 e. The summed E-state index contributed by atoms with van der Waals surface area (Å²) in [7, 11) is -3.13. The number of likely N-dealkylation sites (tertiary alicyclic amines) is 1. The van der Waals surface area contributed by atoms with Crippen molar-refractivity contribution in [3.8, 4) is 0 Å². The fourth-order valence-corrected chi connectivity index (χ4v) is 3.39. The molecule has 1 saturated heterocycles. The molecule has 2 aromatic rings. The second-order valence-electron chi connectivity index (χ2n) is 5.80. The molecule has 1 aromatic heterocycles. The molecule has 0 bridgehead atoms. The van der Waals surface area contributed by atoms with Crippen LogP contribution in [-0.4, -0.2) is 42.9 Å². The molecule has 1 atom stereocenters. The molecule has 0 N–H and O–H groups in total. The second kappa shape index (κ2) is 5.81. The lowest BCUT2D eigenvalue weighted by Gasteiger charge is -2.15. The second-order valence-corrected chi connectivity index (χ2v) is 7.81. The zero-order valence-corrected chi connectivity index (χ0v) is 13.5. The van der Waals surface area contributed by atoms with Crippen LogP contribution in [0, 0.1) is 6.92 Å². The SMILES string of the molecule is Cc1nnc(C2CCN(Cc3ccc(S(C)(=O)=O)cc3)C2)o1. The van der Waals surface area contributed by atoms with Crippen LogP contribution >= 0.6 is 0 Å². The Labute approximate surface area is 130 Å². The van der Waals surface area contributed by atoms with Gasteiger partial charge in [-0.1, -0.05) is 12.1 Å². The van der Waals surface area contributed by atoms with Crippen molar-refractivity contribution in [1.82, 2.24) is 15.1 Å². The molecule has 2 heterocycles. The van der Waals surface area contributed by atoms with E-state index in [0.29, 0.717) is 16.7 Å². The van der Waals surface area contributed by atoms with E-state index < -0.39 is 9.84 Å². The molecule has 0 radical (unpaired) electrons. The first-order valence-electron chi connectivity index (χ1n) is 7.23. The maximum atomic E-state index is 11.5. The van der Waals surface area contributed by atoms with Gasteiger partial charge in [-0.15, -0.1) is 10.2 Å². The van der Waals surface area contributed by atoms with Crippen LogP contribution in [0.25, 0.3) is 0 Å². The number of aryl methyl sites for hydroxylation is 1. The van der Waals surface area contributed by atoms with E-state index >= 15 is 0 Å². The van der Waals surface area contributed by atoms with Gasteiger partial charge in [0.15, 0.2) is 9.84 Å². The van der Waals surface area contributed by atoms with E-state index in [4.69, 9.17) is 4.42 Å². The first kappa shape index (κ1) is 15.2. The minimum atomic E-state index is -3.13. The Morgan fingerprint density at radius 2 is 2.00 bits per heavy atom. The zero-order chi connectivity index (χ0) is 15.7. The standard InChI is InChI=1S/C15H19N3O3S/c1-11-16-17-15(21-11)13-7-8-18(10-13)9-12-3-5-14(6-4-12)22(2,19)20/h3-6,13H,7-10H2,1-2H3. The average molecular weight is 321 g/mol. The van der Waals surface area contributed by atoms with Gasteiger partial charge in [-0.3, -0.25) is 4.90 Å². The van der Waals surface area contributed by atoms with Gasteiger partial charge in [0.05, 0.1) is 10.8 Å². The van der Waals surface area contributed by atoms with Crippen molar-refractivity contribution in [2.45, 2.75) is 30.7 Å². The van der Waals surface area contributed by atoms with Gasteiger partial charge in [0.25, 0.3) is 0 Å². The topological polar surface area (TPSA) is 76.3 Å². The van der Waals surface area contributed by atoms with Crippen molar-refractivity contribution < 1.29 is 12.8 Å². The molecule has 1 aliphatic heterocycles. The molecular formula is C15H19N3O3S. The van der Waals surface area contributed by atoms with Crippen molar-refractivity contribution in [2.75, 3.05) is 19.3 Å². The molecule has 6 nitrogen and oxygen atoms in total. The summed E-state index contributed by atoms with van der Waals surface area (Å²) >= 11 is 0. The quantitative estimate of drug-likeness (QED) is 0.854. The van der Waals surface area contributed by atoms with Crippen molar-refractivity contribution in [3.63, 3.8) is 0 Å². The van der Waals surface area contributed by atoms with Gasteiger partial charge in [0, 0.05) is 26.3 Å². The molecule has 7 heteroatoms. The Kier molecular flexibility index (Phi) is 4.01. The molecule has 118 valence electrons. The fraction of sp³-hybridized carbons (Fsp3) is 0.467. The molecular weight excluding hydrogens is 302 g/mol. The lowest BCUT2D eigenvalue weighted by Crippen LogP contribution is -2.19. The maximum Gasteiger partial charge on any atom is 0.220 e. The number of rotatable bonds is 4. The third-order valence-corrected chi connectivity index (χ3v) is 5.05. The van der Waals surface area contributed by atoms with Gasteiger partial charge in [-0.05, 0) is 30.7 Å². The zero-order valence-electron chi connectivity index (χ0n) is 12.7. The van der Waals surface area contributed by atoms with Crippen LogP contribution in [0.4, 0.5) is 0 Å². The summed E-state index contributed by atoms with van der Waals surface area (Å²) in [5.41, 5.74) is 1.11. The minimum absolute atomic E-state index is 0.288. The van der Waals surface area contributed by atoms with Crippen molar-refractivity contribution in [1.29, 1.82) is 0 Å². The fourth-order valence-electron chi connectivity index (χ4n) is 2.75. The molecule has 1 unspecified atom stereocenters. The summed E-state index contributed by atoms with van der Waals surface area (Å²) in [5, 5.41) is 7.98. The van der Waals surface area contributed by atoms with Gasteiger partial charge in [0.1, 0.15) is 0 Å². The van der Waals surface area contributed by atoms with Gasteiger partial charge in [-0.2, -0.15) is 0 Å². The molecule has 0 saturated carbocycles. The summed E-state index contributed by atoms with van der Waals surface area (Å²) < 4.78 is 28.4. The van der Waals surface area contributed by atoms with Crippen LogP contribution in [0.15, 0.2) is 33.6 Å². The van der Waals surface area contributed by atoms with E-state index in [1.165, 1.54) is 6.26 Å². The first-order chi connectivity index (χ1) is 10.4. The van der Waals surface area contributed by atoms with Crippen LogP contribution in [0.2, 0.25) is 0 Å². The van der Waals surface area contributed by atoms with Crippen LogP contribution < -0.4 is 0 Å². The predicted molar refractivity (Wildman–Crippen MR) is 81.2 cm³/mol. The summed E-state index contributed by atoms with van der Waals surface area (Å²) in [6.45, 7) is 4.45. The molecule has 22 heavy (non-hydrogen) atoms. The van der Waals surface area contributed by atoms with Gasteiger partial charge < -0.3 is 4.42 Å². The molecule has 1 aliphatic rings. The van der Waals surface area contributed by atoms with Gasteiger partial charge >= 0.3 is 0 Å². The van der Waals surface area contributed by atoms with E-state index in [-0.39, 0.29) is 5.92 Å². The van der Waals surface area contributed by atoms with Gasteiger partial charge in [0.2, 0.25) is 11.8 Å². The van der Waals surface area contributed by atoms with Gasteiger partial charge in [-0.25, -0.2) is 8.42 Å². The highest BCUT2D eigenvalue weighted by molar-refractivity contribution is 7.90. The Morgan fingerprint density at radius 1 is 1.27 bits per heavy atom. The summed E-state index contributed by atoms with van der Waals surface area (Å²) in [5.74, 6) is 1.61.